The van der Waals surface area contributed by atoms with E-state index in [-0.39, 0.29) is 17.1 Å². The van der Waals surface area contributed by atoms with E-state index in [1.165, 1.54) is 4.57 Å². The number of aryl methyl sites for hydroxylation is 1. The van der Waals surface area contributed by atoms with Crippen molar-refractivity contribution < 1.29 is 4.39 Å². The number of piperidine rings is 1. The second-order valence-electron chi connectivity index (χ2n) is 11.3. The van der Waals surface area contributed by atoms with Gasteiger partial charge in [0.1, 0.15) is 5.65 Å². The predicted molar refractivity (Wildman–Crippen MR) is 166 cm³/mol. The molecule has 4 aromatic rings. The Kier molecular flexibility index (Phi) is 9.35. The summed E-state index contributed by atoms with van der Waals surface area (Å²) in [6.45, 7) is 4.48. The fourth-order valence-corrected chi connectivity index (χ4v) is 5.84. The van der Waals surface area contributed by atoms with Gasteiger partial charge in [-0.3, -0.25) is 15.0 Å². The Morgan fingerprint density at radius 3 is 2.88 bits per heavy atom. The summed E-state index contributed by atoms with van der Waals surface area (Å²) in [5.74, 6) is -0.0400. The van der Waals surface area contributed by atoms with Gasteiger partial charge in [0.15, 0.2) is 5.82 Å². The third-order valence-electron chi connectivity index (χ3n) is 7.78. The van der Waals surface area contributed by atoms with Crippen molar-refractivity contribution in [3.8, 4) is 16.9 Å². The smallest absolute Gasteiger partial charge is 0.354 e. The minimum absolute atomic E-state index is 0.0533. The van der Waals surface area contributed by atoms with Gasteiger partial charge in [-0.15, -0.1) is 0 Å². The maximum atomic E-state index is 15.1. The molecule has 1 fully saturated rings. The molecule has 42 heavy (non-hydrogen) atoms. The van der Waals surface area contributed by atoms with Crippen LogP contribution in [0.2, 0.25) is 5.02 Å². The number of aromatic amines is 1. The highest BCUT2D eigenvalue weighted by Crippen LogP contribution is 2.31. The van der Waals surface area contributed by atoms with E-state index in [1.807, 2.05) is 19.1 Å². The van der Waals surface area contributed by atoms with E-state index in [1.54, 1.807) is 37.5 Å². The summed E-state index contributed by atoms with van der Waals surface area (Å²) in [5.41, 5.74) is 9.07. The van der Waals surface area contributed by atoms with Crippen LogP contribution in [0.15, 0.2) is 47.5 Å². The Balaban J connectivity index is 1.35. The van der Waals surface area contributed by atoms with Crippen molar-refractivity contribution in [2.45, 2.75) is 76.9 Å². The average Bonchev–Trinajstić information content (AvgIpc) is 3.37. The number of aromatic nitrogens is 4. The standard InChI is InChI=1S/C31H38ClFN8O/c1-18(34)5-3-6-20-13-24(29(33)25(32)14-20)28-15-21-17-41(31(42)40-30(21)39-28)23-9-10-26(37-16-23)27-8-4-7-22(38-27)11-12-36-19(2)35/h9-10,13-18,22,27,38H,3-8,11-12,34H2,1-2H3,(H2,35,36)(H,39,40,42)/t18-,22-,27-/m0/s1. The first-order chi connectivity index (χ1) is 20.2. The maximum Gasteiger partial charge on any atom is 0.354 e. The van der Waals surface area contributed by atoms with Crippen LogP contribution in [-0.4, -0.2) is 44.0 Å². The van der Waals surface area contributed by atoms with E-state index >= 15 is 4.39 Å². The Hall–Kier alpha value is -3.60. The molecule has 0 radical (unpaired) electrons. The monoisotopic (exact) mass is 592 g/mol. The van der Waals surface area contributed by atoms with E-state index < -0.39 is 11.5 Å². The van der Waals surface area contributed by atoms with Crippen molar-refractivity contribution in [3.63, 3.8) is 0 Å². The molecule has 9 nitrogen and oxygen atoms in total. The first-order valence-electron chi connectivity index (χ1n) is 14.6. The zero-order valence-electron chi connectivity index (χ0n) is 24.0. The van der Waals surface area contributed by atoms with Crippen LogP contribution in [0.3, 0.4) is 0 Å². The van der Waals surface area contributed by atoms with Gasteiger partial charge in [0.25, 0.3) is 0 Å². The van der Waals surface area contributed by atoms with Gasteiger partial charge >= 0.3 is 5.69 Å². The molecule has 0 unspecified atom stereocenters. The van der Waals surface area contributed by atoms with E-state index in [2.05, 4.69) is 25.6 Å². The number of fused-ring (bicyclic) bond motifs is 1. The Morgan fingerprint density at radius 2 is 2.14 bits per heavy atom. The topological polar surface area (TPSA) is 138 Å². The normalized spacial score (nSPS) is 17.8. The number of hydrogen-bond acceptors (Lipinski definition) is 6. The van der Waals surface area contributed by atoms with Crippen molar-refractivity contribution in [1.29, 1.82) is 5.41 Å². The van der Waals surface area contributed by atoms with Gasteiger partial charge in [-0.05, 0) is 94.7 Å². The molecular weight excluding hydrogens is 555 g/mol. The molecule has 4 heterocycles. The van der Waals surface area contributed by atoms with E-state index in [9.17, 15) is 4.79 Å². The summed E-state index contributed by atoms with van der Waals surface area (Å²) in [6, 6.07) is 9.65. The molecule has 0 saturated carbocycles. The molecule has 3 aromatic heterocycles. The molecule has 6 N–H and O–H groups in total. The molecule has 0 bridgehead atoms. The number of nitrogens with one attached hydrogen (secondary N) is 4. The zero-order valence-corrected chi connectivity index (χ0v) is 24.8. The van der Waals surface area contributed by atoms with Crippen molar-refractivity contribution in [2.24, 2.45) is 5.73 Å². The van der Waals surface area contributed by atoms with Gasteiger partial charge in [-0.2, -0.15) is 4.98 Å². The van der Waals surface area contributed by atoms with Gasteiger partial charge in [-0.1, -0.05) is 11.6 Å². The molecule has 5 rings (SSSR count). The molecule has 0 spiro atoms. The summed E-state index contributed by atoms with van der Waals surface area (Å²) >= 11 is 6.24. The van der Waals surface area contributed by atoms with Crippen LogP contribution in [-0.2, 0) is 6.42 Å². The van der Waals surface area contributed by atoms with Crippen LogP contribution < -0.4 is 22.1 Å². The number of halogens is 2. The Labute approximate surface area is 249 Å². The van der Waals surface area contributed by atoms with Crippen molar-refractivity contribution >= 4 is 28.5 Å². The molecule has 1 aliphatic rings. The highest BCUT2D eigenvalue weighted by Gasteiger charge is 2.23. The average molecular weight is 593 g/mol. The van der Waals surface area contributed by atoms with Crippen molar-refractivity contribution in [1.82, 2.24) is 30.2 Å². The third kappa shape index (κ3) is 7.06. The zero-order chi connectivity index (χ0) is 29.8. The van der Waals surface area contributed by atoms with Crippen LogP contribution in [0, 0.1) is 11.2 Å². The maximum absolute atomic E-state index is 15.1. The van der Waals surface area contributed by atoms with Gasteiger partial charge in [0, 0.05) is 41.8 Å². The number of rotatable bonds is 10. The molecule has 0 amide bonds. The lowest BCUT2D eigenvalue weighted by atomic mass is 9.94. The quantitative estimate of drug-likeness (QED) is 0.123. The lowest BCUT2D eigenvalue weighted by molar-refractivity contribution is 0.308. The Bertz CT molecular complexity index is 1610. The lowest BCUT2D eigenvalue weighted by Gasteiger charge is -2.31. The molecular formula is C31H38ClFN8O. The number of amidine groups is 1. The predicted octanol–water partition coefficient (Wildman–Crippen LogP) is 5.40. The van der Waals surface area contributed by atoms with Crippen LogP contribution >= 0.6 is 11.6 Å². The SMILES string of the molecule is CC(=N)NCC[C@@H]1CCC[C@@H](c2ccc(-n3cc4cc(-c5cc(CCC[C@H](C)N)cc(Cl)c5F)[nH]c4nc3=O)cn2)N1. The molecule has 11 heteroatoms. The van der Waals surface area contributed by atoms with Crippen LogP contribution in [0.1, 0.15) is 69.7 Å². The summed E-state index contributed by atoms with van der Waals surface area (Å²) in [4.78, 5) is 25.0. The largest absolute Gasteiger partial charge is 0.374 e. The summed E-state index contributed by atoms with van der Waals surface area (Å²) in [5, 5.41) is 15.0. The second kappa shape index (κ2) is 13.1. The number of H-pyrrole nitrogens is 1. The fraction of sp³-hybridized carbons (Fsp3) is 0.419. The molecule has 1 saturated heterocycles. The molecule has 1 aromatic carbocycles. The number of pyridine rings is 1. The molecule has 222 valence electrons. The number of benzene rings is 1. The first kappa shape index (κ1) is 29.9. The lowest BCUT2D eigenvalue weighted by Crippen LogP contribution is -2.39. The molecule has 1 aliphatic heterocycles. The van der Waals surface area contributed by atoms with Gasteiger partial charge in [-0.25, -0.2) is 9.18 Å². The summed E-state index contributed by atoms with van der Waals surface area (Å²) < 4.78 is 16.5. The minimum atomic E-state index is -0.520. The fourth-order valence-electron chi connectivity index (χ4n) is 5.60. The number of nitrogens with zero attached hydrogens (tertiary/aromatic N) is 3. The first-order valence-corrected chi connectivity index (χ1v) is 14.9. The van der Waals surface area contributed by atoms with Crippen LogP contribution in [0.25, 0.3) is 28.0 Å². The number of nitrogens with two attached hydrogens (primary N) is 1. The highest BCUT2D eigenvalue weighted by atomic mass is 35.5. The number of hydrogen-bond donors (Lipinski definition) is 5. The van der Waals surface area contributed by atoms with Crippen molar-refractivity contribution in [3.05, 3.63) is 75.3 Å². The van der Waals surface area contributed by atoms with Gasteiger partial charge in [0.2, 0.25) is 0 Å². The van der Waals surface area contributed by atoms with Gasteiger partial charge in [0.05, 0.1) is 34.1 Å². The Morgan fingerprint density at radius 1 is 1.31 bits per heavy atom. The second-order valence-corrected chi connectivity index (χ2v) is 11.7. The van der Waals surface area contributed by atoms with E-state index in [0.717, 1.165) is 62.7 Å². The summed E-state index contributed by atoms with van der Waals surface area (Å²) in [6.07, 6.45) is 10.00. The third-order valence-corrected chi connectivity index (χ3v) is 8.06. The molecule has 3 atom stereocenters. The van der Waals surface area contributed by atoms with E-state index in [0.29, 0.717) is 39.9 Å². The van der Waals surface area contributed by atoms with Crippen LogP contribution in [0.5, 0.6) is 0 Å². The van der Waals surface area contributed by atoms with Crippen LogP contribution in [0.4, 0.5) is 4.39 Å². The van der Waals surface area contributed by atoms with Crippen molar-refractivity contribution in [2.75, 3.05) is 6.54 Å². The summed E-state index contributed by atoms with van der Waals surface area (Å²) in [7, 11) is 0. The minimum Gasteiger partial charge on any atom is -0.374 e. The van der Waals surface area contributed by atoms with E-state index in [4.69, 9.17) is 22.7 Å². The molecule has 0 aliphatic carbocycles. The van der Waals surface area contributed by atoms with Gasteiger partial charge < -0.3 is 21.4 Å². The highest BCUT2D eigenvalue weighted by molar-refractivity contribution is 6.31.